The monoisotopic (exact) mass is 841 g/mol. The number of rotatable bonds is 15. The number of carbonyl (C=O) groups excluding carboxylic acids is 2. The van der Waals surface area contributed by atoms with Gasteiger partial charge in [0.15, 0.2) is 0 Å². The second kappa shape index (κ2) is 17.5. The number of aryl methyl sites for hydroxylation is 4. The second-order valence-corrected chi connectivity index (χ2v) is 16.2. The number of anilines is 2. The van der Waals surface area contributed by atoms with E-state index in [9.17, 15) is 29.4 Å². The number of hydrogen-bond donors (Lipinski definition) is 4. The van der Waals surface area contributed by atoms with Gasteiger partial charge in [0.25, 0.3) is 11.8 Å². The minimum atomic E-state index is -1.16. The predicted molar refractivity (Wildman–Crippen MR) is 224 cm³/mol. The number of carboxylic acid groups (broad SMARTS) is 2. The van der Waals surface area contributed by atoms with Gasteiger partial charge in [-0.15, -0.1) is 22.7 Å². The molecule has 1 aliphatic rings. The van der Waals surface area contributed by atoms with Crippen LogP contribution in [-0.4, -0.2) is 101 Å². The van der Waals surface area contributed by atoms with Crippen molar-refractivity contribution in [1.82, 2.24) is 34.0 Å². The quantitative estimate of drug-likeness (QED) is 0.0869. The van der Waals surface area contributed by atoms with Crippen LogP contribution in [0.4, 0.5) is 11.9 Å². The molecule has 1 fully saturated rings. The molecule has 0 saturated carbocycles. The molecule has 59 heavy (non-hydrogen) atoms. The Hall–Kier alpha value is -6.02. The van der Waals surface area contributed by atoms with Crippen LogP contribution in [0.25, 0.3) is 22.1 Å². The third kappa shape index (κ3) is 8.59. The van der Waals surface area contributed by atoms with Gasteiger partial charge in [-0.05, 0) is 56.5 Å². The summed E-state index contributed by atoms with van der Waals surface area (Å²) in [4.78, 5) is 73.3. The van der Waals surface area contributed by atoms with Crippen molar-refractivity contribution < 1.29 is 38.9 Å². The lowest BCUT2D eigenvalue weighted by Crippen LogP contribution is -2.35. The zero-order valence-corrected chi connectivity index (χ0v) is 34.8. The molecule has 17 nitrogen and oxygen atoms in total. The minimum Gasteiger partial charge on any atom is -0.494 e. The second-order valence-electron chi connectivity index (χ2n) is 13.7. The summed E-state index contributed by atoms with van der Waals surface area (Å²) >= 11 is 2.57. The Balaban J connectivity index is 1.29. The fourth-order valence-electron chi connectivity index (χ4n) is 7.11. The zero-order chi connectivity index (χ0) is 42.0. The Morgan fingerprint density at radius 3 is 1.75 bits per heavy atom. The largest absolute Gasteiger partial charge is 0.494 e. The van der Waals surface area contributed by atoms with E-state index in [0.717, 1.165) is 15.6 Å². The summed E-state index contributed by atoms with van der Waals surface area (Å²) in [5, 5.41) is 27.3. The van der Waals surface area contributed by atoms with Gasteiger partial charge in [-0.1, -0.05) is 26.0 Å². The van der Waals surface area contributed by atoms with Crippen LogP contribution in [0.2, 0.25) is 0 Å². The maximum Gasteiger partial charge on any atom is 0.335 e. The molecule has 0 bridgehead atoms. The fourth-order valence-corrected chi connectivity index (χ4v) is 8.91. The molecule has 0 unspecified atom stereocenters. The highest BCUT2D eigenvalue weighted by atomic mass is 32.1. The van der Waals surface area contributed by atoms with Crippen molar-refractivity contribution in [2.75, 3.05) is 44.0 Å². The number of nitrogens with one attached hydrogen (secondary N) is 2. The van der Waals surface area contributed by atoms with Crippen LogP contribution in [0.15, 0.2) is 36.4 Å². The first-order chi connectivity index (χ1) is 28.4. The van der Waals surface area contributed by atoms with E-state index in [-0.39, 0.29) is 47.8 Å². The molecule has 19 heteroatoms. The smallest absolute Gasteiger partial charge is 0.335 e. The highest BCUT2D eigenvalue weighted by molar-refractivity contribution is 7.14. The third-order valence-corrected chi connectivity index (χ3v) is 11.8. The molecule has 0 spiro atoms. The highest BCUT2D eigenvalue weighted by Gasteiger charge is 2.25. The molecule has 2 amide bonds. The van der Waals surface area contributed by atoms with Gasteiger partial charge in [0.2, 0.25) is 11.9 Å². The van der Waals surface area contributed by atoms with Crippen molar-refractivity contribution in [2.24, 2.45) is 0 Å². The van der Waals surface area contributed by atoms with E-state index in [1.54, 1.807) is 10.6 Å². The van der Waals surface area contributed by atoms with Crippen LogP contribution in [0.3, 0.4) is 0 Å². The molecule has 2 aromatic carbocycles. The van der Waals surface area contributed by atoms with Crippen LogP contribution in [0, 0.1) is 13.8 Å². The number of nitrogens with zero attached hydrogens (tertiary/aromatic N) is 7. The van der Waals surface area contributed by atoms with E-state index in [2.05, 4.69) is 30.5 Å². The van der Waals surface area contributed by atoms with Crippen LogP contribution < -0.4 is 15.4 Å². The number of imidazole rings is 2. The Labute approximate surface area is 346 Å². The number of aromatic carboxylic acids is 2. The van der Waals surface area contributed by atoms with E-state index in [1.807, 2.05) is 44.4 Å². The summed E-state index contributed by atoms with van der Waals surface area (Å²) in [5.74, 6) is -2.38. The van der Waals surface area contributed by atoms with Crippen molar-refractivity contribution in [3.8, 4) is 5.75 Å². The number of benzene rings is 2. The Morgan fingerprint density at radius 1 is 0.763 bits per heavy atom. The van der Waals surface area contributed by atoms with Crippen molar-refractivity contribution >= 4 is 80.4 Å². The molecule has 7 rings (SSSR count). The SMILES string of the molecule is CCc1nc(C)sc1C(=O)Nc1nc2cc(C(=O)O)cc(CN3CCOCC3)c2n1CC=CCn1c(NC(=O)c2sc(C)nc2CC)nc2cc(C(=O)O)cc(OC)c21. The number of amides is 2. The van der Waals surface area contributed by atoms with Gasteiger partial charge < -0.3 is 28.8 Å². The lowest BCUT2D eigenvalue weighted by Gasteiger charge is -2.27. The molecule has 308 valence electrons. The topological polar surface area (TPSA) is 216 Å². The molecule has 1 saturated heterocycles. The molecule has 0 aliphatic carbocycles. The first kappa shape index (κ1) is 41.2. The first-order valence-corrected chi connectivity index (χ1v) is 20.6. The number of thiazole rings is 2. The van der Waals surface area contributed by atoms with E-state index in [4.69, 9.17) is 14.5 Å². The van der Waals surface area contributed by atoms with E-state index < -0.39 is 17.8 Å². The van der Waals surface area contributed by atoms with Crippen LogP contribution in [-0.2, 0) is 37.2 Å². The molecule has 6 aromatic rings. The summed E-state index contributed by atoms with van der Waals surface area (Å²) in [6.45, 7) is 10.8. The average molecular weight is 842 g/mol. The molecule has 0 atom stereocenters. The lowest BCUT2D eigenvalue weighted by atomic mass is 10.1. The van der Waals surface area contributed by atoms with Gasteiger partial charge in [-0.2, -0.15) is 0 Å². The molecule has 4 aromatic heterocycles. The number of carboxylic acids is 2. The fraction of sp³-hybridized carbons (Fsp3) is 0.350. The first-order valence-electron chi connectivity index (χ1n) is 19.0. The lowest BCUT2D eigenvalue weighted by molar-refractivity contribution is 0.0343. The molecular weight excluding hydrogens is 799 g/mol. The standard InChI is InChI=1S/C40H43N9O8S2/c1-6-26-33(58-21(3)41-26)35(50)45-39-43-28-17-23(37(52)53)16-25(20-47-12-14-57-15-13-47)31(28)48(39)10-8-9-11-49-32-29(18-24(38(54)55)19-30(32)56-5)44-40(49)46-36(51)34-27(7-2)42-22(4)59-34/h8-9,16-19H,6-7,10-15,20H2,1-5H3,(H,52,53)(H,54,55)(H,43,45,50)(H,44,46,51). The Bertz CT molecular complexity index is 2630. The van der Waals surface area contributed by atoms with Crippen molar-refractivity contribution in [1.29, 1.82) is 0 Å². The van der Waals surface area contributed by atoms with Crippen molar-refractivity contribution in [3.05, 3.63) is 84.3 Å². The van der Waals surface area contributed by atoms with Crippen LogP contribution in [0.5, 0.6) is 5.75 Å². The van der Waals surface area contributed by atoms with Gasteiger partial charge in [0.1, 0.15) is 21.0 Å². The van der Waals surface area contributed by atoms with E-state index in [1.165, 1.54) is 48.0 Å². The van der Waals surface area contributed by atoms with E-state index in [0.29, 0.717) is 88.9 Å². The molecule has 1 aliphatic heterocycles. The number of carbonyl (C=O) groups is 4. The maximum atomic E-state index is 13.8. The summed E-state index contributed by atoms with van der Waals surface area (Å²) < 4.78 is 14.8. The zero-order valence-electron chi connectivity index (χ0n) is 33.1. The van der Waals surface area contributed by atoms with Gasteiger partial charge in [0.05, 0.1) is 69.4 Å². The van der Waals surface area contributed by atoms with Crippen molar-refractivity contribution in [3.63, 3.8) is 0 Å². The molecule has 4 N–H and O–H groups in total. The van der Waals surface area contributed by atoms with Crippen LogP contribution >= 0.6 is 22.7 Å². The number of hydrogen-bond acceptors (Lipinski definition) is 13. The highest BCUT2D eigenvalue weighted by Crippen LogP contribution is 2.33. The summed E-state index contributed by atoms with van der Waals surface area (Å²) in [5.41, 5.74) is 3.94. The van der Waals surface area contributed by atoms with Gasteiger partial charge in [0, 0.05) is 32.7 Å². The summed E-state index contributed by atoms with van der Waals surface area (Å²) in [7, 11) is 1.43. The normalized spacial score (nSPS) is 13.4. The van der Waals surface area contributed by atoms with Crippen LogP contribution in [0.1, 0.15) is 80.9 Å². The predicted octanol–water partition coefficient (Wildman–Crippen LogP) is 6.04. The van der Waals surface area contributed by atoms with Gasteiger partial charge in [-0.25, -0.2) is 29.5 Å². The third-order valence-electron chi connectivity index (χ3n) is 9.82. The van der Waals surface area contributed by atoms with Gasteiger partial charge >= 0.3 is 11.9 Å². The number of morpholine rings is 1. The van der Waals surface area contributed by atoms with Crippen molar-refractivity contribution in [2.45, 2.75) is 60.2 Å². The number of allylic oxidation sites excluding steroid dienone is 2. The minimum absolute atomic E-state index is 0.0289. The number of fused-ring (bicyclic) bond motifs is 2. The van der Waals surface area contributed by atoms with Gasteiger partial charge in [-0.3, -0.25) is 25.1 Å². The molecule has 0 radical (unpaired) electrons. The molecule has 5 heterocycles. The van der Waals surface area contributed by atoms with E-state index >= 15 is 0 Å². The number of methoxy groups -OCH3 is 1. The summed E-state index contributed by atoms with van der Waals surface area (Å²) in [6, 6.07) is 5.98. The average Bonchev–Trinajstić information content (AvgIpc) is 3.98. The Kier molecular flexibility index (Phi) is 12.2. The maximum absolute atomic E-state index is 13.8. The Morgan fingerprint density at radius 2 is 1.25 bits per heavy atom. The number of aromatic nitrogens is 6. The number of ether oxygens (including phenoxy) is 2. The summed E-state index contributed by atoms with van der Waals surface area (Å²) in [6.07, 6.45) is 4.84. The molecular formula is C40H43N9O8S2.